The molecule has 114 valence electrons. The fourth-order valence-corrected chi connectivity index (χ4v) is 3.42. The summed E-state index contributed by atoms with van der Waals surface area (Å²) in [6.45, 7) is 1.43. The van der Waals surface area contributed by atoms with Crippen LogP contribution in [0.5, 0.6) is 0 Å². The Morgan fingerprint density at radius 2 is 1.83 bits per heavy atom. The van der Waals surface area contributed by atoms with Crippen LogP contribution >= 0.6 is 15.9 Å². The van der Waals surface area contributed by atoms with E-state index in [0.29, 0.717) is 24.5 Å². The van der Waals surface area contributed by atoms with E-state index in [1.165, 1.54) is 0 Å². The molecule has 1 aromatic carbocycles. The molecule has 23 heavy (non-hydrogen) atoms. The van der Waals surface area contributed by atoms with E-state index >= 15 is 0 Å². The molecule has 0 unspecified atom stereocenters. The molecule has 0 N–H and O–H groups in total. The lowest BCUT2D eigenvalue weighted by molar-refractivity contribution is 0.414. The van der Waals surface area contributed by atoms with E-state index in [1.54, 1.807) is 12.3 Å². The lowest BCUT2D eigenvalue weighted by atomic mass is 9.74. The lowest BCUT2D eigenvalue weighted by Crippen LogP contribution is -2.42. The van der Waals surface area contributed by atoms with Crippen LogP contribution in [0.2, 0.25) is 0 Å². The summed E-state index contributed by atoms with van der Waals surface area (Å²) >= 11 is 3.35. The van der Waals surface area contributed by atoms with Crippen LogP contribution in [-0.2, 0) is 5.41 Å². The van der Waals surface area contributed by atoms with Gasteiger partial charge in [0, 0.05) is 23.8 Å². The molecule has 0 amide bonds. The van der Waals surface area contributed by atoms with Gasteiger partial charge in [0.25, 0.3) is 0 Å². The zero-order valence-corrected chi connectivity index (χ0v) is 14.1. The van der Waals surface area contributed by atoms with Crippen LogP contribution < -0.4 is 4.90 Å². The maximum atomic E-state index is 9.75. The van der Waals surface area contributed by atoms with Crippen molar-refractivity contribution in [1.29, 1.82) is 10.5 Å². The van der Waals surface area contributed by atoms with E-state index in [4.69, 9.17) is 0 Å². The highest BCUT2D eigenvalue weighted by molar-refractivity contribution is 9.10. The molecule has 0 bridgehead atoms. The molecule has 1 saturated heterocycles. The van der Waals surface area contributed by atoms with E-state index in [9.17, 15) is 10.5 Å². The van der Waals surface area contributed by atoms with E-state index in [2.05, 4.69) is 38.0 Å². The summed E-state index contributed by atoms with van der Waals surface area (Å²) in [4.78, 5) is 6.49. The van der Waals surface area contributed by atoms with Gasteiger partial charge in [-0.05, 0) is 40.4 Å². The molecule has 1 aliphatic heterocycles. The van der Waals surface area contributed by atoms with E-state index in [1.807, 2.05) is 30.3 Å². The smallest absolute Gasteiger partial charge is 0.146 e. The number of anilines is 1. The van der Waals surface area contributed by atoms with Gasteiger partial charge < -0.3 is 4.90 Å². The van der Waals surface area contributed by atoms with Crippen LogP contribution in [0.25, 0.3) is 0 Å². The molecule has 1 aliphatic rings. The third kappa shape index (κ3) is 2.93. The summed E-state index contributed by atoms with van der Waals surface area (Å²) in [7, 11) is 0. The Bertz CT molecular complexity index is 781. The van der Waals surface area contributed by atoms with Crippen molar-refractivity contribution < 1.29 is 0 Å². The number of benzene rings is 1. The number of aromatic nitrogens is 1. The minimum absolute atomic E-state index is 0.445. The van der Waals surface area contributed by atoms with Crippen LogP contribution in [0, 0.1) is 22.7 Å². The lowest BCUT2D eigenvalue weighted by Gasteiger charge is -2.38. The van der Waals surface area contributed by atoms with Crippen LogP contribution in [0.3, 0.4) is 0 Å². The largest absolute Gasteiger partial charge is 0.355 e. The Labute approximate surface area is 144 Å². The van der Waals surface area contributed by atoms with Gasteiger partial charge in [0.1, 0.15) is 11.9 Å². The molecule has 0 radical (unpaired) electrons. The number of nitrogens with zero attached hydrogens (tertiary/aromatic N) is 4. The first-order valence-corrected chi connectivity index (χ1v) is 8.25. The van der Waals surface area contributed by atoms with Crippen LogP contribution in [0.1, 0.15) is 24.0 Å². The Balaban J connectivity index is 1.84. The van der Waals surface area contributed by atoms with Crippen molar-refractivity contribution in [3.05, 3.63) is 58.2 Å². The molecule has 0 aliphatic carbocycles. The van der Waals surface area contributed by atoms with Crippen molar-refractivity contribution in [2.45, 2.75) is 18.3 Å². The molecule has 1 aromatic heterocycles. The van der Waals surface area contributed by atoms with Gasteiger partial charge in [-0.2, -0.15) is 10.5 Å². The van der Waals surface area contributed by atoms with Gasteiger partial charge >= 0.3 is 0 Å². The SMILES string of the molecule is N#Cc1cc(Br)cnc1N1CCC(C#N)(c2ccccc2)CC1. The molecular weight excluding hydrogens is 352 g/mol. The molecule has 5 heteroatoms. The standard InChI is InChI=1S/C18H15BrN4/c19-16-10-14(11-20)17(22-12-16)23-8-6-18(13-21,7-9-23)15-4-2-1-3-5-15/h1-5,10,12H,6-9H2. The highest BCUT2D eigenvalue weighted by Gasteiger charge is 2.37. The number of rotatable bonds is 2. The third-order valence-electron chi connectivity index (χ3n) is 4.41. The van der Waals surface area contributed by atoms with Crippen molar-refractivity contribution in [1.82, 2.24) is 4.98 Å². The van der Waals surface area contributed by atoms with E-state index in [0.717, 1.165) is 22.9 Å². The Morgan fingerprint density at radius 1 is 1.13 bits per heavy atom. The summed E-state index contributed by atoms with van der Waals surface area (Å²) in [5, 5.41) is 19.1. The second kappa shape index (κ2) is 6.40. The Morgan fingerprint density at radius 3 is 2.43 bits per heavy atom. The van der Waals surface area contributed by atoms with Gasteiger partial charge in [0.2, 0.25) is 0 Å². The first kappa shape index (κ1) is 15.5. The second-order valence-corrected chi connectivity index (χ2v) is 6.60. The van der Waals surface area contributed by atoms with Gasteiger partial charge in [-0.15, -0.1) is 0 Å². The molecule has 2 aromatic rings. The molecule has 1 fully saturated rings. The number of hydrogen-bond acceptors (Lipinski definition) is 4. The monoisotopic (exact) mass is 366 g/mol. The van der Waals surface area contributed by atoms with Crippen molar-refractivity contribution >= 4 is 21.7 Å². The average Bonchev–Trinajstić information content (AvgIpc) is 2.62. The van der Waals surface area contributed by atoms with Crippen molar-refractivity contribution in [2.75, 3.05) is 18.0 Å². The molecule has 0 spiro atoms. The van der Waals surface area contributed by atoms with Crippen LogP contribution in [0.15, 0.2) is 47.1 Å². The molecule has 3 rings (SSSR count). The van der Waals surface area contributed by atoms with Crippen LogP contribution in [-0.4, -0.2) is 18.1 Å². The fourth-order valence-electron chi connectivity index (χ4n) is 3.09. The maximum absolute atomic E-state index is 9.75. The highest BCUT2D eigenvalue weighted by Crippen LogP contribution is 2.36. The summed E-state index contributed by atoms with van der Waals surface area (Å²) in [6, 6.07) is 16.5. The van der Waals surface area contributed by atoms with Gasteiger partial charge in [-0.3, -0.25) is 0 Å². The highest BCUT2D eigenvalue weighted by atomic mass is 79.9. The Kier molecular flexibility index (Phi) is 4.32. The predicted octanol–water partition coefficient (Wildman–Crippen LogP) is 3.78. The topological polar surface area (TPSA) is 63.7 Å². The van der Waals surface area contributed by atoms with Crippen LogP contribution in [0.4, 0.5) is 5.82 Å². The predicted molar refractivity (Wildman–Crippen MR) is 91.8 cm³/mol. The van der Waals surface area contributed by atoms with Gasteiger partial charge in [-0.1, -0.05) is 30.3 Å². The summed E-state index contributed by atoms with van der Waals surface area (Å²) < 4.78 is 0.797. The van der Waals surface area contributed by atoms with E-state index < -0.39 is 5.41 Å². The number of piperidine rings is 1. The molecule has 0 saturated carbocycles. The number of nitriles is 2. The summed E-state index contributed by atoms with van der Waals surface area (Å²) in [5.74, 6) is 0.704. The van der Waals surface area contributed by atoms with Gasteiger partial charge in [-0.25, -0.2) is 4.98 Å². The quantitative estimate of drug-likeness (QED) is 0.811. The average molecular weight is 367 g/mol. The normalized spacial score (nSPS) is 16.4. The molecule has 0 atom stereocenters. The van der Waals surface area contributed by atoms with E-state index in [-0.39, 0.29) is 0 Å². The van der Waals surface area contributed by atoms with Crippen molar-refractivity contribution in [2.24, 2.45) is 0 Å². The maximum Gasteiger partial charge on any atom is 0.146 e. The second-order valence-electron chi connectivity index (χ2n) is 5.68. The van der Waals surface area contributed by atoms with Gasteiger partial charge in [0.15, 0.2) is 0 Å². The minimum Gasteiger partial charge on any atom is -0.355 e. The number of pyridine rings is 1. The Hall–Kier alpha value is -2.37. The first-order chi connectivity index (χ1) is 11.2. The number of hydrogen-bond donors (Lipinski definition) is 0. The zero-order valence-electron chi connectivity index (χ0n) is 12.5. The number of halogens is 1. The van der Waals surface area contributed by atoms with Crippen molar-refractivity contribution in [3.8, 4) is 12.1 Å². The fraction of sp³-hybridized carbons (Fsp3) is 0.278. The van der Waals surface area contributed by atoms with Gasteiger partial charge in [0.05, 0.1) is 17.0 Å². The molecule has 4 nitrogen and oxygen atoms in total. The summed E-state index contributed by atoms with van der Waals surface area (Å²) in [6.07, 6.45) is 3.17. The third-order valence-corrected chi connectivity index (χ3v) is 4.84. The molecule has 2 heterocycles. The minimum atomic E-state index is -0.445. The molecular formula is C18H15BrN4. The summed E-state index contributed by atoms with van der Waals surface area (Å²) in [5.41, 5.74) is 1.19. The van der Waals surface area contributed by atoms with Crippen molar-refractivity contribution in [3.63, 3.8) is 0 Å². The zero-order chi connectivity index (χ0) is 16.3. The first-order valence-electron chi connectivity index (χ1n) is 7.46.